The summed E-state index contributed by atoms with van der Waals surface area (Å²) in [4.78, 5) is 9.17. The van der Waals surface area contributed by atoms with Crippen LogP contribution >= 0.6 is 0 Å². The lowest BCUT2D eigenvalue weighted by Crippen LogP contribution is -2.11. The Balaban J connectivity index is 2.01. The number of nitrogen functional groups attached to an aromatic ring is 1. The van der Waals surface area contributed by atoms with Crippen molar-refractivity contribution < 1.29 is 4.74 Å². The molecule has 0 spiro atoms. The minimum atomic E-state index is 0.631. The molecule has 1 aromatic heterocycles. The molecule has 4 heteroatoms. The molecule has 1 heterocycles. The van der Waals surface area contributed by atoms with Gasteiger partial charge in [-0.1, -0.05) is 12.1 Å². The summed E-state index contributed by atoms with van der Waals surface area (Å²) in [6, 6.07) is 7.86. The number of nitrogens with zero attached hydrogens (tertiary/aromatic N) is 2. The highest BCUT2D eigenvalue weighted by molar-refractivity contribution is 5.61. The molecule has 2 aromatic rings. The molecule has 0 amide bonds. The number of aromatic nitrogens is 2. The van der Waals surface area contributed by atoms with Crippen LogP contribution in [0.2, 0.25) is 0 Å². The van der Waals surface area contributed by atoms with Gasteiger partial charge in [-0.2, -0.15) is 0 Å². The number of aryl methyl sites for hydroxylation is 1. The van der Waals surface area contributed by atoms with Crippen LogP contribution in [0.5, 0.6) is 5.75 Å². The summed E-state index contributed by atoms with van der Waals surface area (Å²) in [6.07, 6.45) is 4.36. The molecular formula is C16H19N3O. The Morgan fingerprint density at radius 1 is 1.20 bits per heavy atom. The summed E-state index contributed by atoms with van der Waals surface area (Å²) in [7, 11) is 0. The standard InChI is InChI=1S/C16H19N3O/c1-2-20-12-7-5-6-11(10-12)16-18-14-9-4-3-8-13(14)15(17)19-16/h5-7,10H,2-4,8-9H2,1H3,(H2,17,18,19). The van der Waals surface area contributed by atoms with E-state index in [1.165, 1.54) is 12.8 Å². The van der Waals surface area contributed by atoms with Crippen LogP contribution in [0.4, 0.5) is 5.82 Å². The summed E-state index contributed by atoms with van der Waals surface area (Å²) < 4.78 is 5.52. The molecule has 1 aliphatic rings. The topological polar surface area (TPSA) is 61.0 Å². The Labute approximate surface area is 119 Å². The first kappa shape index (κ1) is 12.9. The molecule has 104 valence electrons. The van der Waals surface area contributed by atoms with Gasteiger partial charge in [-0.05, 0) is 44.7 Å². The van der Waals surface area contributed by atoms with Gasteiger partial charge in [0.1, 0.15) is 11.6 Å². The van der Waals surface area contributed by atoms with Crippen molar-refractivity contribution in [1.82, 2.24) is 9.97 Å². The third-order valence-corrected chi connectivity index (χ3v) is 3.62. The van der Waals surface area contributed by atoms with Gasteiger partial charge in [-0.15, -0.1) is 0 Å². The summed E-state index contributed by atoms with van der Waals surface area (Å²) in [5, 5.41) is 0. The lowest BCUT2D eigenvalue weighted by Gasteiger charge is -2.17. The van der Waals surface area contributed by atoms with Gasteiger partial charge in [0.05, 0.1) is 6.61 Å². The van der Waals surface area contributed by atoms with Gasteiger partial charge in [-0.25, -0.2) is 9.97 Å². The molecule has 2 N–H and O–H groups in total. The molecule has 20 heavy (non-hydrogen) atoms. The Morgan fingerprint density at radius 3 is 2.90 bits per heavy atom. The molecule has 0 aliphatic heterocycles. The van der Waals surface area contributed by atoms with Crippen LogP contribution in [0, 0.1) is 0 Å². The van der Waals surface area contributed by atoms with Crippen molar-refractivity contribution in [2.75, 3.05) is 12.3 Å². The lowest BCUT2D eigenvalue weighted by atomic mass is 9.96. The average Bonchev–Trinajstić information content (AvgIpc) is 2.48. The van der Waals surface area contributed by atoms with E-state index in [9.17, 15) is 0 Å². The Kier molecular flexibility index (Phi) is 3.54. The number of fused-ring (bicyclic) bond motifs is 1. The van der Waals surface area contributed by atoms with Crippen molar-refractivity contribution in [3.05, 3.63) is 35.5 Å². The number of ether oxygens (including phenoxy) is 1. The molecule has 0 saturated heterocycles. The lowest BCUT2D eigenvalue weighted by molar-refractivity contribution is 0.340. The number of rotatable bonds is 3. The monoisotopic (exact) mass is 269 g/mol. The number of benzene rings is 1. The predicted molar refractivity (Wildman–Crippen MR) is 79.7 cm³/mol. The van der Waals surface area contributed by atoms with Crippen molar-refractivity contribution in [2.24, 2.45) is 0 Å². The fraction of sp³-hybridized carbons (Fsp3) is 0.375. The summed E-state index contributed by atoms with van der Waals surface area (Å²) >= 11 is 0. The highest BCUT2D eigenvalue weighted by Crippen LogP contribution is 2.28. The van der Waals surface area contributed by atoms with Crippen LogP contribution in [0.3, 0.4) is 0 Å². The minimum Gasteiger partial charge on any atom is -0.494 e. The maximum absolute atomic E-state index is 6.09. The van der Waals surface area contributed by atoms with E-state index in [1.807, 2.05) is 31.2 Å². The smallest absolute Gasteiger partial charge is 0.161 e. The Morgan fingerprint density at radius 2 is 2.05 bits per heavy atom. The van der Waals surface area contributed by atoms with Crippen molar-refractivity contribution in [2.45, 2.75) is 32.6 Å². The van der Waals surface area contributed by atoms with Crippen LogP contribution < -0.4 is 10.5 Å². The molecule has 0 radical (unpaired) electrons. The molecule has 0 fully saturated rings. The molecule has 0 atom stereocenters. The van der Waals surface area contributed by atoms with Crippen LogP contribution in [-0.2, 0) is 12.8 Å². The van der Waals surface area contributed by atoms with E-state index in [4.69, 9.17) is 15.5 Å². The molecule has 0 unspecified atom stereocenters. The van der Waals surface area contributed by atoms with Crippen LogP contribution in [0.25, 0.3) is 11.4 Å². The maximum atomic E-state index is 6.09. The molecule has 0 bridgehead atoms. The number of anilines is 1. The van der Waals surface area contributed by atoms with E-state index in [1.54, 1.807) is 0 Å². The second-order valence-electron chi connectivity index (χ2n) is 5.03. The maximum Gasteiger partial charge on any atom is 0.161 e. The minimum absolute atomic E-state index is 0.631. The van der Waals surface area contributed by atoms with E-state index in [0.29, 0.717) is 18.2 Å². The third kappa shape index (κ3) is 2.46. The summed E-state index contributed by atoms with van der Waals surface area (Å²) in [6.45, 7) is 2.62. The van der Waals surface area contributed by atoms with Gasteiger partial charge in [0.2, 0.25) is 0 Å². The molecule has 3 rings (SSSR count). The average molecular weight is 269 g/mol. The second kappa shape index (κ2) is 5.49. The van der Waals surface area contributed by atoms with Crippen molar-refractivity contribution in [3.63, 3.8) is 0 Å². The van der Waals surface area contributed by atoms with Gasteiger partial charge in [-0.3, -0.25) is 0 Å². The molecule has 1 aromatic carbocycles. The first-order chi connectivity index (χ1) is 9.78. The zero-order valence-corrected chi connectivity index (χ0v) is 11.7. The largest absolute Gasteiger partial charge is 0.494 e. The fourth-order valence-electron chi connectivity index (χ4n) is 2.64. The number of hydrogen-bond acceptors (Lipinski definition) is 4. The number of nitrogens with two attached hydrogens (primary N) is 1. The van der Waals surface area contributed by atoms with Gasteiger partial charge >= 0.3 is 0 Å². The molecule has 1 aliphatic carbocycles. The van der Waals surface area contributed by atoms with Crippen molar-refractivity contribution >= 4 is 5.82 Å². The zero-order chi connectivity index (χ0) is 13.9. The van der Waals surface area contributed by atoms with E-state index in [-0.39, 0.29) is 0 Å². The van der Waals surface area contributed by atoms with Gasteiger partial charge in [0.25, 0.3) is 0 Å². The third-order valence-electron chi connectivity index (χ3n) is 3.62. The Bertz CT molecular complexity index is 625. The quantitative estimate of drug-likeness (QED) is 0.930. The highest BCUT2D eigenvalue weighted by atomic mass is 16.5. The van der Waals surface area contributed by atoms with E-state index < -0.39 is 0 Å². The normalized spacial score (nSPS) is 13.8. The first-order valence-electron chi connectivity index (χ1n) is 7.16. The second-order valence-corrected chi connectivity index (χ2v) is 5.03. The SMILES string of the molecule is CCOc1cccc(-c2nc(N)c3c(n2)CCCC3)c1. The molecular weight excluding hydrogens is 250 g/mol. The first-order valence-corrected chi connectivity index (χ1v) is 7.16. The van der Waals surface area contributed by atoms with Crippen molar-refractivity contribution in [1.29, 1.82) is 0 Å². The summed E-state index contributed by atoms with van der Waals surface area (Å²) in [5.41, 5.74) is 9.30. The van der Waals surface area contributed by atoms with Gasteiger partial charge in [0.15, 0.2) is 5.82 Å². The van der Waals surface area contributed by atoms with Gasteiger partial charge < -0.3 is 10.5 Å². The molecule has 4 nitrogen and oxygen atoms in total. The van der Waals surface area contributed by atoms with Crippen LogP contribution in [0.15, 0.2) is 24.3 Å². The van der Waals surface area contributed by atoms with Crippen LogP contribution in [-0.4, -0.2) is 16.6 Å². The van der Waals surface area contributed by atoms with Crippen LogP contribution in [0.1, 0.15) is 31.0 Å². The van der Waals surface area contributed by atoms with Crippen molar-refractivity contribution in [3.8, 4) is 17.1 Å². The van der Waals surface area contributed by atoms with Gasteiger partial charge in [0, 0.05) is 16.8 Å². The van der Waals surface area contributed by atoms with E-state index >= 15 is 0 Å². The summed E-state index contributed by atoms with van der Waals surface area (Å²) in [5.74, 6) is 2.17. The molecule has 0 saturated carbocycles. The van der Waals surface area contributed by atoms with E-state index in [2.05, 4.69) is 4.98 Å². The highest BCUT2D eigenvalue weighted by Gasteiger charge is 2.16. The predicted octanol–water partition coefficient (Wildman–Crippen LogP) is 3.00. The Hall–Kier alpha value is -2.10. The zero-order valence-electron chi connectivity index (χ0n) is 11.7. The van der Waals surface area contributed by atoms with E-state index in [0.717, 1.165) is 35.4 Å². The number of hydrogen-bond donors (Lipinski definition) is 1. The fourth-order valence-corrected chi connectivity index (χ4v) is 2.64.